The van der Waals surface area contributed by atoms with E-state index >= 15 is 0 Å². The number of carbonyl (C=O) groups excluding carboxylic acids is 5. The highest BCUT2D eigenvalue weighted by molar-refractivity contribution is 6.05. The molecule has 18 nitrogen and oxygen atoms in total. The Bertz CT molecular complexity index is 2310. The van der Waals surface area contributed by atoms with Crippen molar-refractivity contribution >= 4 is 59.3 Å². The second-order valence-electron chi connectivity index (χ2n) is 14.4. The Morgan fingerprint density at radius 3 is 2.36 bits per heavy atom. The van der Waals surface area contributed by atoms with Gasteiger partial charge in [-0.2, -0.15) is 0 Å². The number of nitrogens with zero attached hydrogens (tertiary/aromatic N) is 4. The van der Waals surface area contributed by atoms with Gasteiger partial charge in [0, 0.05) is 69.5 Å². The van der Waals surface area contributed by atoms with Crippen molar-refractivity contribution in [2.75, 3.05) is 44.0 Å². The minimum absolute atomic E-state index is 0.125. The van der Waals surface area contributed by atoms with Crippen LogP contribution in [0.25, 0.3) is 11.1 Å². The van der Waals surface area contributed by atoms with E-state index in [2.05, 4.69) is 27.5 Å². The zero-order valence-corrected chi connectivity index (χ0v) is 34.4. The fraction of sp³-hybridized carbons (Fsp3) is 0.326. The number of rotatable bonds is 16. The number of esters is 1. The highest BCUT2D eigenvalue weighted by Gasteiger charge is 2.34. The van der Waals surface area contributed by atoms with Crippen LogP contribution in [0.4, 0.5) is 17.1 Å². The third-order valence-corrected chi connectivity index (χ3v) is 9.71. The number of aromatic nitrogens is 2. The molecule has 4 heterocycles. The number of carbonyl (C=O) groups is 6. The lowest BCUT2D eigenvalue weighted by molar-refractivity contribution is -0.144. The summed E-state index contributed by atoms with van der Waals surface area (Å²) >= 11 is 0. The molecule has 4 amide bonds. The summed E-state index contributed by atoms with van der Waals surface area (Å²) in [7, 11) is 5.00. The maximum atomic E-state index is 13.2. The molecule has 1 fully saturated rings. The van der Waals surface area contributed by atoms with Gasteiger partial charge in [-0.1, -0.05) is 24.3 Å². The van der Waals surface area contributed by atoms with Gasteiger partial charge >= 0.3 is 5.97 Å². The molecule has 2 atom stereocenters. The van der Waals surface area contributed by atoms with Crippen LogP contribution in [0.5, 0.6) is 11.5 Å². The van der Waals surface area contributed by atoms with Gasteiger partial charge < -0.3 is 55.0 Å². The Labute approximate surface area is 352 Å². The van der Waals surface area contributed by atoms with Crippen LogP contribution in [-0.4, -0.2) is 107 Å². The van der Waals surface area contributed by atoms with Crippen molar-refractivity contribution < 1.29 is 48.1 Å². The van der Waals surface area contributed by atoms with Crippen molar-refractivity contribution in [3.63, 3.8) is 0 Å². The van der Waals surface area contributed by atoms with Crippen LogP contribution in [0.15, 0.2) is 78.1 Å². The lowest BCUT2D eigenvalue weighted by Crippen LogP contribution is -2.35. The summed E-state index contributed by atoms with van der Waals surface area (Å²) in [6.07, 6.45) is 6.97. The van der Waals surface area contributed by atoms with Crippen molar-refractivity contribution in [3.8, 4) is 22.6 Å². The molecular weight excluding hydrogens is 789 g/mol. The number of amides is 4. The van der Waals surface area contributed by atoms with Crippen LogP contribution in [0.1, 0.15) is 63.9 Å². The van der Waals surface area contributed by atoms with Crippen molar-refractivity contribution in [1.82, 2.24) is 19.4 Å². The van der Waals surface area contributed by atoms with Crippen LogP contribution in [0, 0.1) is 0 Å². The molecule has 0 aliphatic carbocycles. The molecule has 1 saturated heterocycles. The SMILES string of the molecule is C=C1C[C@H]2C=Nc3cc(OCCCC(=O)Nc4cc(C(=O)Nc5ccc(-c6cc(C(=O)NCCCOC(=O)[C@H](C)N)n(C)c6)cc5)n(C)c4)c(OC)cc3C(=O)N2C1.O=CO. The number of nitrogens with two attached hydrogens (primary N) is 1. The summed E-state index contributed by atoms with van der Waals surface area (Å²) in [5.74, 6) is -0.659. The summed E-state index contributed by atoms with van der Waals surface area (Å²) in [4.78, 5) is 78.2. The van der Waals surface area contributed by atoms with E-state index in [9.17, 15) is 24.0 Å². The van der Waals surface area contributed by atoms with Gasteiger partial charge in [-0.15, -0.1) is 0 Å². The lowest BCUT2D eigenvalue weighted by atomic mass is 10.1. The van der Waals surface area contributed by atoms with Crippen LogP contribution < -0.4 is 31.2 Å². The predicted molar refractivity (Wildman–Crippen MR) is 228 cm³/mol. The molecule has 6 rings (SSSR count). The van der Waals surface area contributed by atoms with E-state index in [-0.39, 0.29) is 55.8 Å². The molecule has 2 aliphatic heterocycles. The van der Waals surface area contributed by atoms with E-state index in [0.717, 1.165) is 16.7 Å². The highest BCUT2D eigenvalue weighted by Crippen LogP contribution is 2.38. The van der Waals surface area contributed by atoms with E-state index in [4.69, 9.17) is 29.8 Å². The van der Waals surface area contributed by atoms with Crippen LogP contribution in [0.2, 0.25) is 0 Å². The van der Waals surface area contributed by atoms with E-state index in [1.807, 2.05) is 18.3 Å². The van der Waals surface area contributed by atoms with Gasteiger partial charge in [-0.25, -0.2) is 0 Å². The molecule has 0 radical (unpaired) electrons. The number of nitrogens with one attached hydrogen (secondary N) is 3. The molecule has 2 aliphatic rings. The third kappa shape index (κ3) is 11.5. The lowest BCUT2D eigenvalue weighted by Gasteiger charge is -2.20. The van der Waals surface area contributed by atoms with Gasteiger partial charge in [0.25, 0.3) is 24.2 Å². The molecule has 0 bridgehead atoms. The number of benzene rings is 2. The standard InChI is InChI=1S/C42H48N8O8.CH2O2/c1-25-16-31-21-45-33-20-37(36(56-5)19-32(33)41(54)50(31)22-25)57-14-6-8-38(51)46-30-18-35(49(4)24-30)40(53)47-29-11-9-27(10-12-29)28-17-34(48(3)23-28)39(52)44-13-7-15-58-42(55)26(2)43;2-1-3/h9-12,17-21,23-24,26,31H,1,6-8,13-16,22,43H2,2-5H3,(H,44,52)(H,46,51)(H,47,53);1H,(H,2,3)/t26-,31-;/m0./s1. The Balaban J connectivity index is 0.00000228. The van der Waals surface area contributed by atoms with Gasteiger partial charge in [-0.3, -0.25) is 33.8 Å². The summed E-state index contributed by atoms with van der Waals surface area (Å²) in [5.41, 5.74) is 10.9. The van der Waals surface area contributed by atoms with Gasteiger partial charge in [-0.05, 0) is 62.1 Å². The first-order chi connectivity index (χ1) is 29.2. The highest BCUT2D eigenvalue weighted by atomic mass is 16.5. The minimum atomic E-state index is -0.692. The summed E-state index contributed by atoms with van der Waals surface area (Å²) in [5, 5.41) is 15.4. The fourth-order valence-corrected chi connectivity index (χ4v) is 6.66. The number of aryl methyl sites for hydroxylation is 2. The first kappa shape index (κ1) is 44.9. The second-order valence-corrected chi connectivity index (χ2v) is 14.4. The zero-order chi connectivity index (χ0) is 44.2. The van der Waals surface area contributed by atoms with Gasteiger partial charge in [0.1, 0.15) is 17.4 Å². The molecule has 2 aromatic carbocycles. The van der Waals surface area contributed by atoms with Gasteiger partial charge in [0.05, 0.1) is 43.3 Å². The Morgan fingerprint density at radius 2 is 1.66 bits per heavy atom. The number of carboxylic acid groups (broad SMARTS) is 1. The van der Waals surface area contributed by atoms with Crippen LogP contribution in [-0.2, 0) is 33.2 Å². The Kier molecular flexibility index (Phi) is 15.2. The smallest absolute Gasteiger partial charge is 0.322 e. The van der Waals surface area contributed by atoms with Gasteiger partial charge in [0.15, 0.2) is 11.5 Å². The molecule has 0 unspecified atom stereocenters. The normalized spacial score (nSPS) is 14.4. The summed E-state index contributed by atoms with van der Waals surface area (Å²) in [6, 6.07) is 13.1. The van der Waals surface area contributed by atoms with Gasteiger partial charge in [0.2, 0.25) is 5.91 Å². The van der Waals surface area contributed by atoms with E-state index < -0.39 is 12.0 Å². The number of anilines is 2. The van der Waals surface area contributed by atoms with Crippen molar-refractivity contribution in [2.24, 2.45) is 24.8 Å². The molecule has 0 spiro atoms. The molecule has 18 heteroatoms. The molecule has 2 aromatic heterocycles. The predicted octanol–water partition coefficient (Wildman–Crippen LogP) is 4.29. The molecule has 61 heavy (non-hydrogen) atoms. The molecule has 0 saturated carbocycles. The van der Waals surface area contributed by atoms with Crippen molar-refractivity contribution in [1.29, 1.82) is 0 Å². The quantitative estimate of drug-likeness (QED) is 0.0462. The van der Waals surface area contributed by atoms with Crippen LogP contribution in [0.3, 0.4) is 0 Å². The summed E-state index contributed by atoms with van der Waals surface area (Å²) < 4.78 is 19.9. The Hall–Kier alpha value is -7.21. The third-order valence-electron chi connectivity index (χ3n) is 9.71. The average Bonchev–Trinajstić information content (AvgIpc) is 3.91. The molecular formula is C43H50N8O10. The first-order valence-corrected chi connectivity index (χ1v) is 19.4. The second kappa shape index (κ2) is 20.7. The largest absolute Gasteiger partial charge is 0.493 e. The number of hydrogen-bond acceptors (Lipinski definition) is 11. The van der Waals surface area contributed by atoms with E-state index in [1.165, 1.54) is 7.11 Å². The minimum Gasteiger partial charge on any atom is -0.493 e. The van der Waals surface area contributed by atoms with E-state index in [1.54, 1.807) is 83.9 Å². The molecule has 4 aromatic rings. The number of hydrogen-bond donors (Lipinski definition) is 5. The number of aliphatic imine (C=N–C) groups is 1. The summed E-state index contributed by atoms with van der Waals surface area (Å²) in [6.45, 7) is 6.52. The zero-order valence-electron chi connectivity index (χ0n) is 34.4. The number of fused-ring (bicyclic) bond motifs is 2. The maximum absolute atomic E-state index is 13.2. The first-order valence-electron chi connectivity index (χ1n) is 19.4. The fourth-order valence-electron chi connectivity index (χ4n) is 6.66. The Morgan fingerprint density at radius 1 is 0.951 bits per heavy atom. The number of ether oxygens (including phenoxy) is 3. The monoisotopic (exact) mass is 838 g/mol. The molecule has 322 valence electrons. The number of methoxy groups -OCH3 is 1. The van der Waals surface area contributed by atoms with Crippen molar-refractivity contribution in [3.05, 3.63) is 90.0 Å². The maximum Gasteiger partial charge on any atom is 0.322 e. The van der Waals surface area contributed by atoms with Crippen LogP contribution >= 0.6 is 0 Å². The topological polar surface area (TPSA) is 238 Å². The van der Waals surface area contributed by atoms with E-state index in [0.29, 0.717) is 77.9 Å². The average molecular weight is 839 g/mol. The molecule has 6 N–H and O–H groups in total. The van der Waals surface area contributed by atoms with Crippen molar-refractivity contribution in [2.45, 2.75) is 44.7 Å².